The summed E-state index contributed by atoms with van der Waals surface area (Å²) in [4.78, 5) is 28.4. The fourth-order valence-electron chi connectivity index (χ4n) is 2.29. The Hall–Kier alpha value is -2.45. The molecule has 2 amide bonds. The van der Waals surface area contributed by atoms with Crippen molar-refractivity contribution in [2.24, 2.45) is 5.92 Å². The first kappa shape index (κ1) is 18.3. The minimum Gasteiger partial charge on any atom is -0.354 e. The van der Waals surface area contributed by atoms with E-state index in [0.29, 0.717) is 17.9 Å². The normalized spacial score (nSPS) is 17.3. The highest BCUT2D eigenvalue weighted by atomic mass is 35.5. The zero-order valence-corrected chi connectivity index (χ0v) is 15.5. The molecule has 1 saturated carbocycles. The third-order valence-corrected chi connectivity index (χ3v) is 4.73. The van der Waals surface area contributed by atoms with Crippen LogP contribution in [0.15, 0.2) is 24.4 Å². The van der Waals surface area contributed by atoms with Crippen molar-refractivity contribution in [2.45, 2.75) is 17.7 Å². The smallest absolute Gasteiger partial charge is 0.273 e. The number of pyridine rings is 1. The molecule has 1 atom stereocenters. The second kappa shape index (κ2) is 7.05. The number of hydrogen-bond donors (Lipinski definition) is 3. The number of hydrogen-bond acceptors (Lipinski definition) is 6. The lowest BCUT2D eigenvalue weighted by atomic mass is 10.2. The molecule has 3 N–H and O–H groups in total. The molecule has 0 radical (unpaired) electrons. The lowest BCUT2D eigenvalue weighted by Crippen LogP contribution is -2.23. The van der Waals surface area contributed by atoms with Gasteiger partial charge in [0, 0.05) is 19.3 Å². The standard InChI is InChI=1S/C16H16Cl2N6O2/c1-8-4-3-5-20-13(8)21-10-6-11(23-24-12(10)15(26)19-2)22-14(25)9-7-16(9,17)18/h3-6,9H,7H2,1-2H3,(H,19,26)(H2,20,21,22,23,25). The maximum Gasteiger partial charge on any atom is 0.273 e. The van der Waals surface area contributed by atoms with E-state index in [0.717, 1.165) is 5.56 Å². The van der Waals surface area contributed by atoms with Crippen LogP contribution in [0.4, 0.5) is 17.3 Å². The van der Waals surface area contributed by atoms with Crippen LogP contribution in [-0.4, -0.2) is 38.4 Å². The number of alkyl halides is 2. The van der Waals surface area contributed by atoms with Gasteiger partial charge in [0.15, 0.2) is 11.5 Å². The van der Waals surface area contributed by atoms with Crippen LogP contribution in [0.25, 0.3) is 0 Å². The van der Waals surface area contributed by atoms with E-state index in [1.54, 1.807) is 12.3 Å². The van der Waals surface area contributed by atoms with Crippen molar-refractivity contribution in [1.29, 1.82) is 0 Å². The summed E-state index contributed by atoms with van der Waals surface area (Å²) in [5.74, 6) is -0.535. The molecule has 0 spiro atoms. The van der Waals surface area contributed by atoms with Crippen molar-refractivity contribution in [2.75, 3.05) is 17.7 Å². The molecular weight excluding hydrogens is 379 g/mol. The lowest BCUT2D eigenvalue weighted by molar-refractivity contribution is -0.117. The summed E-state index contributed by atoms with van der Waals surface area (Å²) in [6.45, 7) is 1.87. The largest absolute Gasteiger partial charge is 0.354 e. The lowest BCUT2D eigenvalue weighted by Gasteiger charge is -2.12. The van der Waals surface area contributed by atoms with Gasteiger partial charge in [0.2, 0.25) is 5.91 Å². The highest BCUT2D eigenvalue weighted by Gasteiger charge is 2.56. The van der Waals surface area contributed by atoms with Crippen molar-refractivity contribution in [3.05, 3.63) is 35.7 Å². The van der Waals surface area contributed by atoms with E-state index in [9.17, 15) is 9.59 Å². The molecule has 10 heteroatoms. The molecule has 2 aromatic heterocycles. The van der Waals surface area contributed by atoms with E-state index in [4.69, 9.17) is 23.2 Å². The van der Waals surface area contributed by atoms with Gasteiger partial charge >= 0.3 is 0 Å². The fraction of sp³-hybridized carbons (Fsp3) is 0.312. The number of aromatic nitrogens is 3. The van der Waals surface area contributed by atoms with Gasteiger partial charge in [-0.3, -0.25) is 9.59 Å². The average Bonchev–Trinajstić information content (AvgIpc) is 3.25. The van der Waals surface area contributed by atoms with Gasteiger partial charge in [0.1, 0.15) is 10.2 Å². The number of rotatable bonds is 5. The van der Waals surface area contributed by atoms with Crippen molar-refractivity contribution >= 4 is 52.3 Å². The number of amides is 2. The van der Waals surface area contributed by atoms with Crippen LogP contribution in [-0.2, 0) is 4.79 Å². The Labute approximate surface area is 159 Å². The van der Waals surface area contributed by atoms with E-state index in [2.05, 4.69) is 31.1 Å². The Morgan fingerprint density at radius 2 is 2.04 bits per heavy atom. The average molecular weight is 395 g/mol. The quantitative estimate of drug-likeness (QED) is 0.671. The molecule has 0 bridgehead atoms. The predicted octanol–water partition coefficient (Wildman–Crippen LogP) is 2.42. The van der Waals surface area contributed by atoms with Gasteiger partial charge in [-0.25, -0.2) is 4.98 Å². The Morgan fingerprint density at radius 3 is 2.65 bits per heavy atom. The van der Waals surface area contributed by atoms with E-state index in [1.807, 2.05) is 13.0 Å². The first-order valence-electron chi connectivity index (χ1n) is 7.79. The van der Waals surface area contributed by atoms with Crippen LogP contribution in [0.2, 0.25) is 0 Å². The van der Waals surface area contributed by atoms with Gasteiger partial charge < -0.3 is 16.0 Å². The topological polar surface area (TPSA) is 109 Å². The summed E-state index contributed by atoms with van der Waals surface area (Å²) in [5.41, 5.74) is 1.31. The first-order valence-corrected chi connectivity index (χ1v) is 8.54. The number of nitrogens with zero attached hydrogens (tertiary/aromatic N) is 3. The SMILES string of the molecule is CNC(=O)c1nnc(NC(=O)C2CC2(Cl)Cl)cc1Nc1ncccc1C. The van der Waals surface area contributed by atoms with Crippen molar-refractivity contribution in [3.8, 4) is 0 Å². The highest BCUT2D eigenvalue weighted by molar-refractivity contribution is 6.52. The predicted molar refractivity (Wildman–Crippen MR) is 98.9 cm³/mol. The maximum absolute atomic E-state index is 12.1. The molecule has 8 nitrogen and oxygen atoms in total. The van der Waals surface area contributed by atoms with Crippen LogP contribution in [0.1, 0.15) is 22.5 Å². The third-order valence-electron chi connectivity index (χ3n) is 3.89. The van der Waals surface area contributed by atoms with Crippen LogP contribution in [0, 0.1) is 12.8 Å². The van der Waals surface area contributed by atoms with Gasteiger partial charge in [-0.05, 0) is 25.0 Å². The molecule has 3 rings (SSSR count). The maximum atomic E-state index is 12.1. The molecule has 1 unspecified atom stereocenters. The van der Waals surface area contributed by atoms with E-state index in [-0.39, 0.29) is 17.4 Å². The minimum atomic E-state index is -1.04. The molecule has 0 aliphatic heterocycles. The second-order valence-corrected chi connectivity index (χ2v) is 7.41. The number of halogens is 2. The molecule has 0 aromatic carbocycles. The summed E-state index contributed by atoms with van der Waals surface area (Å²) >= 11 is 11.8. The van der Waals surface area contributed by atoms with Crippen LogP contribution in [0.3, 0.4) is 0 Å². The van der Waals surface area contributed by atoms with Gasteiger partial charge in [-0.2, -0.15) is 0 Å². The summed E-state index contributed by atoms with van der Waals surface area (Å²) in [6.07, 6.45) is 2.00. The molecule has 2 aromatic rings. The number of carbonyl (C=O) groups excluding carboxylic acids is 2. The van der Waals surface area contributed by atoms with Gasteiger partial charge in [0.25, 0.3) is 5.91 Å². The molecule has 1 aliphatic rings. The fourth-order valence-corrected chi connectivity index (χ4v) is 2.80. The third kappa shape index (κ3) is 3.86. The molecule has 2 heterocycles. The van der Waals surface area contributed by atoms with Crippen molar-refractivity contribution < 1.29 is 9.59 Å². The zero-order valence-electron chi connectivity index (χ0n) is 14.0. The minimum absolute atomic E-state index is 0.0750. The van der Waals surface area contributed by atoms with Crippen molar-refractivity contribution in [3.63, 3.8) is 0 Å². The van der Waals surface area contributed by atoms with Gasteiger partial charge in [-0.1, -0.05) is 6.07 Å². The van der Waals surface area contributed by atoms with E-state index in [1.165, 1.54) is 13.1 Å². The van der Waals surface area contributed by atoms with E-state index >= 15 is 0 Å². The van der Waals surface area contributed by atoms with Crippen molar-refractivity contribution in [1.82, 2.24) is 20.5 Å². The molecular formula is C16H16Cl2N6O2. The number of nitrogens with one attached hydrogen (secondary N) is 3. The number of aryl methyl sites for hydroxylation is 1. The summed E-state index contributed by atoms with van der Waals surface area (Å²) < 4.78 is -1.04. The summed E-state index contributed by atoms with van der Waals surface area (Å²) in [7, 11) is 1.49. The van der Waals surface area contributed by atoms with Gasteiger partial charge in [0.05, 0.1) is 11.6 Å². The molecule has 1 aliphatic carbocycles. The zero-order chi connectivity index (χ0) is 18.9. The molecule has 1 fully saturated rings. The van der Waals surface area contributed by atoms with Crippen LogP contribution < -0.4 is 16.0 Å². The van der Waals surface area contributed by atoms with E-state index < -0.39 is 16.2 Å². The Kier molecular flexibility index (Phi) is 4.97. The molecule has 136 valence electrons. The summed E-state index contributed by atoms with van der Waals surface area (Å²) in [6, 6.07) is 5.19. The number of carbonyl (C=O) groups is 2. The van der Waals surface area contributed by atoms with Crippen LogP contribution in [0.5, 0.6) is 0 Å². The van der Waals surface area contributed by atoms with Gasteiger partial charge in [-0.15, -0.1) is 33.4 Å². The first-order chi connectivity index (χ1) is 12.3. The summed E-state index contributed by atoms with van der Waals surface area (Å²) in [5, 5.41) is 16.0. The second-order valence-electron chi connectivity index (χ2n) is 5.87. The Balaban J connectivity index is 1.88. The Morgan fingerprint density at radius 1 is 1.31 bits per heavy atom. The van der Waals surface area contributed by atoms with Crippen LogP contribution >= 0.6 is 23.2 Å². The molecule has 0 saturated heterocycles. The molecule has 26 heavy (non-hydrogen) atoms. The Bertz CT molecular complexity index is 874. The number of anilines is 3. The monoisotopic (exact) mass is 394 g/mol. The highest BCUT2D eigenvalue weighted by Crippen LogP contribution is 2.53.